The van der Waals surface area contributed by atoms with Crippen LogP contribution in [0.3, 0.4) is 0 Å². The first-order chi connectivity index (χ1) is 13.5. The number of aromatic nitrogens is 3. The van der Waals surface area contributed by atoms with Crippen LogP contribution in [0.25, 0.3) is 0 Å². The molecule has 0 radical (unpaired) electrons. The highest BCUT2D eigenvalue weighted by Crippen LogP contribution is 2.40. The van der Waals surface area contributed by atoms with Gasteiger partial charge in [-0.3, -0.25) is 19.7 Å². The fourth-order valence-electron chi connectivity index (χ4n) is 4.45. The lowest BCUT2D eigenvalue weighted by molar-refractivity contribution is -0.122. The summed E-state index contributed by atoms with van der Waals surface area (Å²) >= 11 is 5.97. The molecule has 1 aliphatic carbocycles. The number of fused-ring (bicyclic) bond motifs is 2. The molecule has 3 atom stereocenters. The molecule has 3 aliphatic rings. The van der Waals surface area contributed by atoms with Gasteiger partial charge in [-0.2, -0.15) is 4.98 Å². The number of imide groups is 1. The van der Waals surface area contributed by atoms with Crippen LogP contribution in [-0.4, -0.2) is 32.5 Å². The van der Waals surface area contributed by atoms with E-state index in [4.69, 9.17) is 11.6 Å². The molecule has 3 heterocycles. The van der Waals surface area contributed by atoms with E-state index < -0.39 is 0 Å². The predicted octanol–water partition coefficient (Wildman–Crippen LogP) is 2.54. The third-order valence-electron chi connectivity index (χ3n) is 5.84. The monoisotopic (exact) mass is 399 g/mol. The number of anilines is 2. The Morgan fingerprint density at radius 1 is 1.00 bits per heavy atom. The van der Waals surface area contributed by atoms with Gasteiger partial charge in [0.15, 0.2) is 0 Å². The molecule has 1 N–H and O–H groups in total. The van der Waals surface area contributed by atoms with Crippen molar-refractivity contribution < 1.29 is 14.4 Å². The van der Waals surface area contributed by atoms with Crippen molar-refractivity contribution in [3.8, 4) is 0 Å². The van der Waals surface area contributed by atoms with Crippen molar-refractivity contribution in [3.63, 3.8) is 0 Å². The predicted molar refractivity (Wildman–Crippen MR) is 101 cm³/mol. The summed E-state index contributed by atoms with van der Waals surface area (Å²) in [5.41, 5.74) is 0.852. The second-order valence-electron chi connectivity index (χ2n) is 7.51. The van der Waals surface area contributed by atoms with Crippen molar-refractivity contribution in [3.05, 3.63) is 34.9 Å². The molecule has 1 aromatic carbocycles. The minimum Gasteiger partial charge on any atom is -0.295 e. The number of amides is 3. The van der Waals surface area contributed by atoms with E-state index in [0.717, 1.165) is 36.1 Å². The second kappa shape index (κ2) is 6.41. The number of nitrogens with zero attached hydrogens (tertiary/aromatic N) is 4. The van der Waals surface area contributed by atoms with Crippen LogP contribution in [0.4, 0.5) is 11.9 Å². The smallest absolute Gasteiger partial charge is 0.260 e. The zero-order valence-electron chi connectivity index (χ0n) is 15.0. The average Bonchev–Trinajstić information content (AvgIpc) is 3.21. The number of hydrogen-bond donors (Lipinski definition) is 1. The normalized spacial score (nSPS) is 26.8. The van der Waals surface area contributed by atoms with Gasteiger partial charge in [0.05, 0.1) is 24.3 Å². The summed E-state index contributed by atoms with van der Waals surface area (Å²) in [6, 6.07) is 6.78. The van der Waals surface area contributed by atoms with Crippen LogP contribution in [0.2, 0.25) is 5.02 Å². The Labute approximate surface area is 165 Å². The van der Waals surface area contributed by atoms with Gasteiger partial charge in [-0.15, -0.1) is 5.10 Å². The third-order valence-corrected chi connectivity index (χ3v) is 6.09. The molecule has 144 valence electrons. The molecule has 5 rings (SSSR count). The minimum atomic E-state index is -0.377. The first-order valence-electron chi connectivity index (χ1n) is 9.42. The van der Waals surface area contributed by atoms with Crippen LogP contribution in [0, 0.1) is 11.8 Å². The fourth-order valence-corrected chi connectivity index (χ4v) is 4.58. The summed E-state index contributed by atoms with van der Waals surface area (Å²) in [6.07, 6.45) is 3.54. The van der Waals surface area contributed by atoms with Crippen molar-refractivity contribution >= 4 is 41.2 Å². The van der Waals surface area contributed by atoms with Gasteiger partial charge in [0.1, 0.15) is 0 Å². The fraction of sp³-hybridized carbons (Fsp3) is 0.421. The van der Waals surface area contributed by atoms with Crippen LogP contribution in [0.5, 0.6) is 0 Å². The molecule has 1 saturated carbocycles. The molecule has 2 aromatic rings. The van der Waals surface area contributed by atoms with E-state index in [-0.39, 0.29) is 53.9 Å². The standard InChI is InChI=1S/C19H18ClN5O3/c20-11-7-5-10(6-8-11)14-9-15(26)21-18-22-19(23-25(14)18)24-16(27)12-3-1-2-4-13(12)17(24)28/h5-8,12-14H,1-4,9H2,(H,21,22,23,26)/t12-,13-,14-/m1/s1. The Balaban J connectivity index is 1.53. The van der Waals surface area contributed by atoms with Gasteiger partial charge in [0, 0.05) is 5.02 Å². The molecule has 0 unspecified atom stereocenters. The van der Waals surface area contributed by atoms with Crippen LogP contribution in [0.15, 0.2) is 24.3 Å². The van der Waals surface area contributed by atoms with E-state index in [0.29, 0.717) is 5.02 Å². The summed E-state index contributed by atoms with van der Waals surface area (Å²) in [7, 11) is 0. The molecule has 2 fully saturated rings. The van der Waals surface area contributed by atoms with Gasteiger partial charge < -0.3 is 0 Å². The molecular formula is C19H18ClN5O3. The summed E-state index contributed by atoms with van der Waals surface area (Å²) in [4.78, 5) is 43.3. The van der Waals surface area contributed by atoms with Gasteiger partial charge in [-0.05, 0) is 30.5 Å². The third kappa shape index (κ3) is 2.63. The van der Waals surface area contributed by atoms with E-state index in [2.05, 4.69) is 15.4 Å². The number of rotatable bonds is 2. The van der Waals surface area contributed by atoms with Crippen LogP contribution >= 0.6 is 11.6 Å². The quantitative estimate of drug-likeness (QED) is 0.782. The molecule has 0 spiro atoms. The van der Waals surface area contributed by atoms with Gasteiger partial charge in [0.25, 0.3) is 5.95 Å². The van der Waals surface area contributed by atoms with E-state index >= 15 is 0 Å². The molecule has 9 heteroatoms. The number of halogens is 1. The number of carbonyl (C=O) groups excluding carboxylic acids is 3. The molecule has 0 bridgehead atoms. The highest BCUT2D eigenvalue weighted by Gasteiger charge is 2.50. The van der Waals surface area contributed by atoms with Gasteiger partial charge in [0.2, 0.25) is 23.7 Å². The SMILES string of the molecule is O=C1C[C@H](c2ccc(Cl)cc2)n2nc(N3C(=O)[C@@H]4CCCC[C@H]4C3=O)nc2N1. The molecular weight excluding hydrogens is 382 g/mol. The van der Waals surface area contributed by atoms with E-state index in [9.17, 15) is 14.4 Å². The Morgan fingerprint density at radius 2 is 1.64 bits per heavy atom. The highest BCUT2D eigenvalue weighted by atomic mass is 35.5. The first-order valence-corrected chi connectivity index (χ1v) is 9.80. The van der Waals surface area contributed by atoms with Crippen molar-refractivity contribution in [2.75, 3.05) is 10.2 Å². The molecule has 3 amide bonds. The first kappa shape index (κ1) is 17.4. The maximum absolute atomic E-state index is 12.8. The summed E-state index contributed by atoms with van der Waals surface area (Å²) in [6.45, 7) is 0. The van der Waals surface area contributed by atoms with Crippen molar-refractivity contribution in [2.24, 2.45) is 11.8 Å². The molecule has 1 aromatic heterocycles. The number of carbonyl (C=O) groups is 3. The molecule has 28 heavy (non-hydrogen) atoms. The Kier molecular flexibility index (Phi) is 3.97. The molecule has 1 saturated heterocycles. The van der Waals surface area contributed by atoms with Gasteiger partial charge in [-0.25, -0.2) is 9.58 Å². The molecule has 2 aliphatic heterocycles. The second-order valence-corrected chi connectivity index (χ2v) is 7.95. The van der Waals surface area contributed by atoms with E-state index in [1.165, 1.54) is 0 Å². The largest absolute Gasteiger partial charge is 0.295 e. The lowest BCUT2D eigenvalue weighted by atomic mass is 9.81. The van der Waals surface area contributed by atoms with Crippen LogP contribution in [-0.2, 0) is 14.4 Å². The van der Waals surface area contributed by atoms with E-state index in [1.54, 1.807) is 16.8 Å². The molecule has 8 nitrogen and oxygen atoms in total. The lowest BCUT2D eigenvalue weighted by Gasteiger charge is -2.23. The van der Waals surface area contributed by atoms with Crippen molar-refractivity contribution in [1.29, 1.82) is 0 Å². The minimum absolute atomic E-state index is 0.0422. The van der Waals surface area contributed by atoms with Gasteiger partial charge in [-0.1, -0.05) is 36.6 Å². The Morgan fingerprint density at radius 3 is 2.29 bits per heavy atom. The van der Waals surface area contributed by atoms with Crippen molar-refractivity contribution in [2.45, 2.75) is 38.1 Å². The maximum atomic E-state index is 12.8. The van der Waals surface area contributed by atoms with Crippen LogP contribution < -0.4 is 10.2 Å². The zero-order chi connectivity index (χ0) is 19.4. The number of nitrogens with one attached hydrogen (secondary N) is 1. The summed E-state index contributed by atoms with van der Waals surface area (Å²) in [5, 5.41) is 7.73. The number of hydrogen-bond acceptors (Lipinski definition) is 5. The maximum Gasteiger partial charge on any atom is 0.260 e. The van der Waals surface area contributed by atoms with Crippen molar-refractivity contribution in [1.82, 2.24) is 14.8 Å². The summed E-state index contributed by atoms with van der Waals surface area (Å²) < 4.78 is 1.57. The lowest BCUT2D eigenvalue weighted by Crippen LogP contribution is -2.32. The summed E-state index contributed by atoms with van der Waals surface area (Å²) in [5.74, 6) is -0.924. The topological polar surface area (TPSA) is 97.2 Å². The number of benzene rings is 1. The Hall–Kier alpha value is -2.74. The Bertz CT molecular complexity index is 962. The van der Waals surface area contributed by atoms with Crippen LogP contribution in [0.1, 0.15) is 43.7 Å². The average molecular weight is 400 g/mol. The van der Waals surface area contributed by atoms with E-state index in [1.807, 2.05) is 12.1 Å². The van der Waals surface area contributed by atoms with Gasteiger partial charge >= 0.3 is 0 Å². The zero-order valence-corrected chi connectivity index (χ0v) is 15.7. The highest BCUT2D eigenvalue weighted by molar-refractivity contribution is 6.30.